The molecule has 0 spiro atoms. The van der Waals surface area contributed by atoms with Crippen LogP contribution in [0.4, 0.5) is 0 Å². The molecule has 0 aliphatic heterocycles. The zero-order valence-electron chi connectivity index (χ0n) is 13.6. The number of nitrogens with one attached hydrogen (secondary N) is 1. The SMILES string of the molecule is COc1cccc(OCc2n[nH]c(=S)n2/N=C\c2cccc(Cl)c2Cl)c1. The number of nitrogens with zero attached hydrogens (tertiary/aromatic N) is 3. The van der Waals surface area contributed by atoms with Crippen molar-refractivity contribution in [1.29, 1.82) is 0 Å². The number of rotatable bonds is 6. The van der Waals surface area contributed by atoms with Crippen LogP contribution >= 0.6 is 35.4 Å². The van der Waals surface area contributed by atoms with Gasteiger partial charge in [0.25, 0.3) is 0 Å². The number of hydrogen-bond donors (Lipinski definition) is 1. The van der Waals surface area contributed by atoms with Crippen LogP contribution in [0.25, 0.3) is 0 Å². The molecule has 6 nitrogen and oxygen atoms in total. The molecule has 0 atom stereocenters. The quantitative estimate of drug-likeness (QED) is 0.473. The lowest BCUT2D eigenvalue weighted by Gasteiger charge is -2.07. The average molecular weight is 409 g/mol. The largest absolute Gasteiger partial charge is 0.497 e. The first-order chi connectivity index (χ1) is 12.6. The van der Waals surface area contributed by atoms with Gasteiger partial charge < -0.3 is 9.47 Å². The van der Waals surface area contributed by atoms with E-state index in [1.165, 1.54) is 4.68 Å². The molecule has 134 valence electrons. The first kappa shape index (κ1) is 18.4. The molecule has 3 aromatic rings. The van der Waals surface area contributed by atoms with E-state index in [-0.39, 0.29) is 6.61 Å². The van der Waals surface area contributed by atoms with Crippen molar-refractivity contribution < 1.29 is 9.47 Å². The first-order valence-electron chi connectivity index (χ1n) is 7.50. The molecule has 0 saturated carbocycles. The van der Waals surface area contributed by atoms with Crippen molar-refractivity contribution in [2.75, 3.05) is 7.11 Å². The maximum Gasteiger partial charge on any atom is 0.216 e. The fourth-order valence-corrected chi connectivity index (χ4v) is 2.67. The van der Waals surface area contributed by atoms with Gasteiger partial charge in [-0.2, -0.15) is 14.9 Å². The molecule has 0 saturated heterocycles. The highest BCUT2D eigenvalue weighted by Gasteiger charge is 2.08. The summed E-state index contributed by atoms with van der Waals surface area (Å²) >= 11 is 17.4. The summed E-state index contributed by atoms with van der Waals surface area (Å²) in [6.45, 7) is 0.168. The van der Waals surface area contributed by atoms with Crippen LogP contribution in [0.1, 0.15) is 11.4 Å². The van der Waals surface area contributed by atoms with Crippen molar-refractivity contribution in [2.24, 2.45) is 5.10 Å². The van der Waals surface area contributed by atoms with Crippen molar-refractivity contribution in [3.8, 4) is 11.5 Å². The minimum atomic E-state index is 0.168. The summed E-state index contributed by atoms with van der Waals surface area (Å²) in [5, 5.41) is 12.0. The Hall–Kier alpha value is -2.35. The van der Waals surface area contributed by atoms with E-state index in [0.29, 0.717) is 37.7 Å². The van der Waals surface area contributed by atoms with Crippen LogP contribution < -0.4 is 9.47 Å². The van der Waals surface area contributed by atoms with Gasteiger partial charge in [-0.3, -0.25) is 0 Å². The van der Waals surface area contributed by atoms with E-state index >= 15 is 0 Å². The normalized spacial score (nSPS) is 11.0. The molecule has 0 fully saturated rings. The van der Waals surface area contributed by atoms with Gasteiger partial charge in [-0.25, -0.2) is 5.10 Å². The molecular weight excluding hydrogens is 395 g/mol. The van der Waals surface area contributed by atoms with Gasteiger partial charge in [0.1, 0.15) is 18.1 Å². The van der Waals surface area contributed by atoms with E-state index < -0.39 is 0 Å². The average Bonchev–Trinajstić information content (AvgIpc) is 3.01. The summed E-state index contributed by atoms with van der Waals surface area (Å²) < 4.78 is 12.7. The number of H-pyrrole nitrogens is 1. The van der Waals surface area contributed by atoms with Gasteiger partial charge in [0.2, 0.25) is 4.77 Å². The smallest absolute Gasteiger partial charge is 0.216 e. The molecule has 9 heteroatoms. The minimum absolute atomic E-state index is 0.168. The topological polar surface area (TPSA) is 64.4 Å². The molecule has 1 heterocycles. The summed E-state index contributed by atoms with van der Waals surface area (Å²) in [4.78, 5) is 0. The Morgan fingerprint density at radius 1 is 1.23 bits per heavy atom. The molecule has 0 aliphatic rings. The molecule has 26 heavy (non-hydrogen) atoms. The zero-order valence-corrected chi connectivity index (χ0v) is 16.0. The molecule has 0 bridgehead atoms. The van der Waals surface area contributed by atoms with Crippen LogP contribution in [0.3, 0.4) is 0 Å². The van der Waals surface area contributed by atoms with E-state index in [4.69, 9.17) is 44.9 Å². The summed E-state index contributed by atoms with van der Waals surface area (Å²) in [7, 11) is 1.60. The van der Waals surface area contributed by atoms with E-state index in [2.05, 4.69) is 15.3 Å². The Bertz CT molecular complexity index is 1000. The van der Waals surface area contributed by atoms with Crippen LogP contribution in [0.15, 0.2) is 47.6 Å². The first-order valence-corrected chi connectivity index (χ1v) is 8.66. The number of methoxy groups -OCH3 is 1. The highest BCUT2D eigenvalue weighted by atomic mass is 35.5. The van der Waals surface area contributed by atoms with Crippen LogP contribution in [0, 0.1) is 4.77 Å². The Morgan fingerprint density at radius 2 is 2.00 bits per heavy atom. The van der Waals surface area contributed by atoms with E-state index in [0.717, 1.165) is 0 Å². The van der Waals surface area contributed by atoms with Crippen LogP contribution in [-0.2, 0) is 6.61 Å². The maximum atomic E-state index is 6.16. The summed E-state index contributed by atoms with van der Waals surface area (Å²) in [5.41, 5.74) is 0.668. The van der Waals surface area contributed by atoms with Gasteiger partial charge in [0.15, 0.2) is 5.82 Å². The molecule has 1 aromatic heterocycles. The zero-order chi connectivity index (χ0) is 18.5. The van der Waals surface area contributed by atoms with Crippen LogP contribution in [-0.4, -0.2) is 28.2 Å². The van der Waals surface area contributed by atoms with Crippen molar-refractivity contribution in [3.05, 3.63) is 68.7 Å². The van der Waals surface area contributed by atoms with Gasteiger partial charge >= 0.3 is 0 Å². The lowest BCUT2D eigenvalue weighted by atomic mass is 10.2. The second-order valence-electron chi connectivity index (χ2n) is 5.11. The van der Waals surface area contributed by atoms with E-state index in [9.17, 15) is 0 Å². The van der Waals surface area contributed by atoms with E-state index in [1.807, 2.05) is 18.2 Å². The molecular formula is C17H14Cl2N4O2S. The predicted octanol–water partition coefficient (Wildman–Crippen LogP) is 4.72. The summed E-state index contributed by atoms with van der Waals surface area (Å²) in [5.74, 6) is 1.86. The van der Waals surface area contributed by atoms with Crippen molar-refractivity contribution >= 4 is 41.6 Å². The Morgan fingerprint density at radius 3 is 2.81 bits per heavy atom. The number of ether oxygens (including phenoxy) is 2. The number of aromatic nitrogens is 3. The van der Waals surface area contributed by atoms with Gasteiger partial charge in [-0.1, -0.05) is 41.4 Å². The molecule has 0 radical (unpaired) electrons. The van der Waals surface area contributed by atoms with Gasteiger partial charge in [0, 0.05) is 11.6 Å². The monoisotopic (exact) mass is 408 g/mol. The maximum absolute atomic E-state index is 6.16. The van der Waals surface area contributed by atoms with Gasteiger partial charge in [-0.15, -0.1) is 0 Å². The van der Waals surface area contributed by atoms with Crippen molar-refractivity contribution in [2.45, 2.75) is 6.61 Å². The van der Waals surface area contributed by atoms with E-state index in [1.54, 1.807) is 37.6 Å². The predicted molar refractivity (Wildman–Crippen MR) is 104 cm³/mol. The number of hydrogen-bond acceptors (Lipinski definition) is 5. The third kappa shape index (κ3) is 4.24. The van der Waals surface area contributed by atoms with Crippen molar-refractivity contribution in [1.82, 2.24) is 14.9 Å². The third-order valence-corrected chi connectivity index (χ3v) is 4.52. The Labute approximate surface area is 165 Å². The number of benzene rings is 2. The Kier molecular flexibility index (Phi) is 5.92. The third-order valence-electron chi connectivity index (χ3n) is 3.42. The summed E-state index contributed by atoms with van der Waals surface area (Å²) in [6, 6.07) is 12.6. The number of aromatic amines is 1. The minimum Gasteiger partial charge on any atom is -0.497 e. The van der Waals surface area contributed by atoms with Crippen molar-refractivity contribution in [3.63, 3.8) is 0 Å². The Balaban J connectivity index is 1.79. The van der Waals surface area contributed by atoms with Crippen LogP contribution in [0.5, 0.6) is 11.5 Å². The molecule has 2 aromatic carbocycles. The van der Waals surface area contributed by atoms with Crippen LogP contribution in [0.2, 0.25) is 10.0 Å². The van der Waals surface area contributed by atoms with Gasteiger partial charge in [-0.05, 0) is 30.4 Å². The second-order valence-corrected chi connectivity index (χ2v) is 6.28. The number of halogens is 2. The highest BCUT2D eigenvalue weighted by Crippen LogP contribution is 2.24. The molecule has 0 unspecified atom stereocenters. The molecule has 0 amide bonds. The second kappa shape index (κ2) is 8.35. The molecule has 1 N–H and O–H groups in total. The summed E-state index contributed by atoms with van der Waals surface area (Å²) in [6.07, 6.45) is 1.56. The fraction of sp³-hybridized carbons (Fsp3) is 0.118. The highest BCUT2D eigenvalue weighted by molar-refractivity contribution is 7.71. The lowest BCUT2D eigenvalue weighted by molar-refractivity contribution is 0.288. The molecule has 3 rings (SSSR count). The molecule has 0 aliphatic carbocycles. The lowest BCUT2D eigenvalue weighted by Crippen LogP contribution is -2.04. The fourth-order valence-electron chi connectivity index (χ4n) is 2.12. The standard InChI is InChI=1S/C17H14Cl2N4O2S/c1-24-12-5-3-6-13(8-12)25-10-15-21-22-17(26)23(15)20-9-11-4-2-7-14(18)16(11)19/h2-9H,10H2,1H3,(H,22,26)/b20-9-. The van der Waals surface area contributed by atoms with Gasteiger partial charge in [0.05, 0.1) is 23.4 Å².